The number of amides is 4. The lowest BCUT2D eigenvalue weighted by atomic mass is 9.77. The predicted octanol–water partition coefficient (Wildman–Crippen LogP) is 4.86. The molecule has 0 aromatic heterocycles. The third-order valence-corrected chi connectivity index (χ3v) is 8.09. The maximum absolute atomic E-state index is 13.5. The summed E-state index contributed by atoms with van der Waals surface area (Å²) in [6.07, 6.45) is 0.605. The lowest BCUT2D eigenvalue weighted by Crippen LogP contribution is -2.51. The van der Waals surface area contributed by atoms with Gasteiger partial charge in [0.25, 0.3) is 5.91 Å². The van der Waals surface area contributed by atoms with Gasteiger partial charge in [0.1, 0.15) is 6.04 Å². The highest BCUT2D eigenvalue weighted by atomic mass is 19.4. The zero-order valence-electron chi connectivity index (χ0n) is 23.5. The fourth-order valence-corrected chi connectivity index (χ4v) is 5.85. The molecule has 2 aliphatic rings. The molecule has 2 fully saturated rings. The third-order valence-electron chi connectivity index (χ3n) is 8.09. The fraction of sp³-hybridized carbons (Fsp3) is 0.679. The first-order valence-electron chi connectivity index (χ1n) is 14.0. The lowest BCUT2D eigenvalue weighted by molar-refractivity contribution is -0.137. The number of urea groups is 1. The molecule has 3 rings (SSSR count). The van der Waals surface area contributed by atoms with Gasteiger partial charge in [0.05, 0.1) is 16.8 Å². The second-order valence-electron chi connectivity index (χ2n) is 10.9. The van der Waals surface area contributed by atoms with Gasteiger partial charge in [0.15, 0.2) is 0 Å². The van der Waals surface area contributed by atoms with Crippen LogP contribution in [0.3, 0.4) is 0 Å². The number of carbonyl (C=O) groups excluding carboxylic acids is 3. The van der Waals surface area contributed by atoms with E-state index in [0.717, 1.165) is 44.2 Å². The van der Waals surface area contributed by atoms with Gasteiger partial charge < -0.3 is 25.8 Å². The van der Waals surface area contributed by atoms with Gasteiger partial charge in [-0.3, -0.25) is 9.59 Å². The van der Waals surface area contributed by atoms with Crippen molar-refractivity contribution in [3.05, 3.63) is 29.3 Å². The summed E-state index contributed by atoms with van der Waals surface area (Å²) in [7, 11) is 2.15. The lowest BCUT2D eigenvalue weighted by Gasteiger charge is -2.44. The van der Waals surface area contributed by atoms with Crippen molar-refractivity contribution in [2.75, 3.05) is 25.5 Å². The second-order valence-corrected chi connectivity index (χ2v) is 10.9. The molecule has 0 radical (unpaired) electrons. The highest BCUT2D eigenvalue weighted by molar-refractivity contribution is 6.05. The molecule has 1 saturated carbocycles. The van der Waals surface area contributed by atoms with Crippen LogP contribution in [0.15, 0.2) is 18.2 Å². The fourth-order valence-electron chi connectivity index (χ4n) is 5.85. The molecule has 1 aliphatic heterocycles. The van der Waals surface area contributed by atoms with Gasteiger partial charge in [-0.25, -0.2) is 4.79 Å². The zero-order chi connectivity index (χ0) is 28.9. The molecular weight excluding hydrogens is 511 g/mol. The average Bonchev–Trinajstić information content (AvgIpc) is 3.22. The summed E-state index contributed by atoms with van der Waals surface area (Å²) in [4.78, 5) is 43.0. The summed E-state index contributed by atoms with van der Waals surface area (Å²) >= 11 is 0. The molecule has 39 heavy (non-hydrogen) atoms. The molecular formula is C28H42F3N5O3. The average molecular weight is 554 g/mol. The van der Waals surface area contributed by atoms with E-state index < -0.39 is 29.7 Å². The van der Waals surface area contributed by atoms with Crippen molar-refractivity contribution in [3.8, 4) is 0 Å². The Balaban J connectivity index is 1.75. The molecule has 0 spiro atoms. The van der Waals surface area contributed by atoms with Gasteiger partial charge >= 0.3 is 12.2 Å². The van der Waals surface area contributed by atoms with Gasteiger partial charge in [-0.15, -0.1) is 0 Å². The first-order chi connectivity index (χ1) is 18.4. The molecule has 1 heterocycles. The predicted molar refractivity (Wildman–Crippen MR) is 144 cm³/mol. The molecule has 1 unspecified atom stereocenters. The number of carbonyl (C=O) groups is 3. The van der Waals surface area contributed by atoms with Gasteiger partial charge in [-0.2, -0.15) is 13.2 Å². The summed E-state index contributed by atoms with van der Waals surface area (Å²) in [5.74, 6) is -0.680. The minimum atomic E-state index is -4.67. The first-order valence-corrected chi connectivity index (χ1v) is 14.0. The number of anilines is 1. The van der Waals surface area contributed by atoms with Crippen LogP contribution in [0.4, 0.5) is 23.7 Å². The van der Waals surface area contributed by atoms with Gasteiger partial charge in [0.2, 0.25) is 5.91 Å². The van der Waals surface area contributed by atoms with Gasteiger partial charge in [-0.1, -0.05) is 13.3 Å². The number of likely N-dealkylation sites (tertiary alicyclic amines) is 1. The maximum atomic E-state index is 13.5. The van der Waals surface area contributed by atoms with Crippen molar-refractivity contribution in [1.82, 2.24) is 20.4 Å². The number of hydrogen-bond acceptors (Lipinski definition) is 4. The number of alkyl halides is 3. The van der Waals surface area contributed by atoms with E-state index in [1.54, 1.807) is 6.92 Å². The minimum absolute atomic E-state index is 0.0654. The van der Waals surface area contributed by atoms with Crippen LogP contribution in [0.2, 0.25) is 0 Å². The van der Waals surface area contributed by atoms with E-state index in [1.807, 2.05) is 4.90 Å². The molecule has 0 bridgehead atoms. The van der Waals surface area contributed by atoms with E-state index >= 15 is 0 Å². The van der Waals surface area contributed by atoms with E-state index in [4.69, 9.17) is 0 Å². The van der Waals surface area contributed by atoms with Crippen molar-refractivity contribution in [3.63, 3.8) is 0 Å². The zero-order valence-corrected chi connectivity index (χ0v) is 23.5. The Morgan fingerprint density at radius 1 is 1.15 bits per heavy atom. The molecule has 4 atom stereocenters. The highest BCUT2D eigenvalue weighted by Crippen LogP contribution is 2.37. The molecule has 1 aliphatic carbocycles. The highest BCUT2D eigenvalue weighted by Gasteiger charge is 2.43. The van der Waals surface area contributed by atoms with E-state index in [1.165, 1.54) is 0 Å². The van der Waals surface area contributed by atoms with E-state index in [-0.39, 0.29) is 23.2 Å². The number of halogens is 3. The number of nitrogens with zero attached hydrogens (tertiary/aromatic N) is 2. The molecule has 4 amide bonds. The molecule has 218 valence electrons. The van der Waals surface area contributed by atoms with Crippen LogP contribution < -0.4 is 16.0 Å². The molecule has 1 saturated heterocycles. The maximum Gasteiger partial charge on any atom is 0.416 e. The Morgan fingerprint density at radius 3 is 2.49 bits per heavy atom. The topological polar surface area (TPSA) is 93.8 Å². The number of benzene rings is 1. The molecule has 8 nitrogen and oxygen atoms in total. The van der Waals surface area contributed by atoms with Crippen molar-refractivity contribution in [2.45, 2.75) is 96.6 Å². The van der Waals surface area contributed by atoms with Crippen LogP contribution in [-0.4, -0.2) is 71.9 Å². The summed E-state index contributed by atoms with van der Waals surface area (Å²) in [5.41, 5.74) is -1.42. The third kappa shape index (κ3) is 7.43. The van der Waals surface area contributed by atoms with E-state index in [2.05, 4.69) is 48.7 Å². The summed E-state index contributed by atoms with van der Waals surface area (Å²) < 4.78 is 40.2. The standard InChI is InChI=1S/C28H42F3N5O3/c1-6-8-18-15-20(35(5)17(3)4)10-12-24(18)36-14-13-23(26(36)38)33-25(37)21-16-19(28(29,30)31)9-11-22(21)34-27(39)32-7-2/h9,11,16-18,20,23-24H,6-8,10,12-15H2,1-5H3,(H,33,37)(H2,32,34,39)/t18-,20-,23?,24+/m1/s1. The van der Waals surface area contributed by atoms with Crippen molar-refractivity contribution in [1.29, 1.82) is 0 Å². The quantitative estimate of drug-likeness (QED) is 0.407. The van der Waals surface area contributed by atoms with Crippen molar-refractivity contribution < 1.29 is 27.6 Å². The molecule has 1 aromatic rings. The number of hydrogen-bond donors (Lipinski definition) is 3. The minimum Gasteiger partial charge on any atom is -0.340 e. The van der Waals surface area contributed by atoms with Crippen LogP contribution in [-0.2, 0) is 11.0 Å². The summed E-state index contributed by atoms with van der Waals surface area (Å²) in [5, 5.41) is 7.57. The van der Waals surface area contributed by atoms with Crippen LogP contribution in [0.25, 0.3) is 0 Å². The molecule has 3 N–H and O–H groups in total. The van der Waals surface area contributed by atoms with Crippen LogP contribution in [0.1, 0.15) is 82.1 Å². The first kappa shape index (κ1) is 30.7. The van der Waals surface area contributed by atoms with Crippen LogP contribution in [0, 0.1) is 5.92 Å². The Kier molecular flexibility index (Phi) is 10.3. The van der Waals surface area contributed by atoms with Gasteiger partial charge in [-0.05, 0) is 84.0 Å². The normalized spacial score (nSPS) is 23.8. The Bertz CT molecular complexity index is 1030. The second kappa shape index (κ2) is 13.0. The number of rotatable bonds is 9. The van der Waals surface area contributed by atoms with Crippen molar-refractivity contribution >= 4 is 23.5 Å². The van der Waals surface area contributed by atoms with E-state index in [9.17, 15) is 27.6 Å². The summed E-state index contributed by atoms with van der Waals surface area (Å²) in [6, 6.07) is 2.07. The van der Waals surface area contributed by atoms with Crippen molar-refractivity contribution in [2.24, 2.45) is 5.92 Å². The summed E-state index contributed by atoms with van der Waals surface area (Å²) in [6.45, 7) is 8.99. The van der Waals surface area contributed by atoms with Gasteiger partial charge in [0, 0.05) is 31.2 Å². The Morgan fingerprint density at radius 2 is 1.87 bits per heavy atom. The monoisotopic (exact) mass is 553 g/mol. The van der Waals surface area contributed by atoms with E-state index in [0.29, 0.717) is 43.6 Å². The van der Waals surface area contributed by atoms with Crippen LogP contribution >= 0.6 is 0 Å². The smallest absolute Gasteiger partial charge is 0.340 e. The molecule has 1 aromatic carbocycles. The largest absolute Gasteiger partial charge is 0.416 e. The number of nitrogens with one attached hydrogen (secondary N) is 3. The Hall–Kier alpha value is -2.82. The Labute approximate surface area is 229 Å². The van der Waals surface area contributed by atoms with Crippen LogP contribution in [0.5, 0.6) is 0 Å². The molecule has 11 heteroatoms. The SMILES string of the molecule is CCC[C@@H]1C[C@H](N(C)C(C)C)CC[C@@H]1N1CCC(NC(=O)c2cc(C(F)(F)F)ccc2NC(=O)NCC)C1=O.